The average Bonchev–Trinajstić information content (AvgIpc) is 3.31. The van der Waals surface area contributed by atoms with Gasteiger partial charge in [0, 0.05) is 25.3 Å². The Kier molecular flexibility index (Phi) is 5.31. The Morgan fingerprint density at radius 2 is 2.03 bits per heavy atom. The zero-order valence-corrected chi connectivity index (χ0v) is 18.2. The molecule has 1 saturated heterocycles. The third-order valence-electron chi connectivity index (χ3n) is 5.61. The SMILES string of the molecule is CCCCc1nnc(NC(=O)C23CCC(=O)N2c2ccccc2C(=O)N3C(C)C)s1. The molecule has 0 spiro atoms. The minimum atomic E-state index is -1.41. The number of carbonyl (C=O) groups excluding carboxylic acids is 3. The van der Waals surface area contributed by atoms with Crippen molar-refractivity contribution in [1.82, 2.24) is 15.1 Å². The number of amides is 3. The van der Waals surface area contributed by atoms with Crippen molar-refractivity contribution >= 4 is 39.9 Å². The standard InChI is InChI=1S/C21H25N5O3S/c1-4-5-10-16-23-24-20(30-16)22-19(29)21-12-11-17(27)26(21)15-9-7-6-8-14(15)18(28)25(21)13(2)3/h6-9,13H,4-5,10-12H2,1-3H3,(H,22,24,29). The molecular weight excluding hydrogens is 402 g/mol. The first-order valence-corrected chi connectivity index (χ1v) is 11.1. The van der Waals surface area contributed by atoms with Gasteiger partial charge in [0.1, 0.15) is 5.01 Å². The number of rotatable bonds is 6. The van der Waals surface area contributed by atoms with Crippen LogP contribution < -0.4 is 10.2 Å². The van der Waals surface area contributed by atoms with Crippen LogP contribution in [0.2, 0.25) is 0 Å². The lowest BCUT2D eigenvalue weighted by atomic mass is 9.94. The van der Waals surface area contributed by atoms with Gasteiger partial charge in [0.05, 0.1) is 11.3 Å². The van der Waals surface area contributed by atoms with Gasteiger partial charge in [0.2, 0.25) is 16.7 Å². The predicted molar refractivity (Wildman–Crippen MR) is 114 cm³/mol. The smallest absolute Gasteiger partial charge is 0.273 e. The van der Waals surface area contributed by atoms with Gasteiger partial charge >= 0.3 is 0 Å². The van der Waals surface area contributed by atoms with Crippen molar-refractivity contribution in [3.05, 3.63) is 34.8 Å². The first-order chi connectivity index (χ1) is 14.4. The zero-order chi connectivity index (χ0) is 21.5. The van der Waals surface area contributed by atoms with Crippen LogP contribution in [0.15, 0.2) is 24.3 Å². The summed E-state index contributed by atoms with van der Waals surface area (Å²) >= 11 is 1.33. The number of hydrogen-bond acceptors (Lipinski definition) is 6. The molecule has 0 aliphatic carbocycles. The molecule has 30 heavy (non-hydrogen) atoms. The number of aryl methyl sites for hydroxylation is 1. The molecule has 3 heterocycles. The van der Waals surface area contributed by atoms with E-state index in [4.69, 9.17) is 0 Å². The fourth-order valence-corrected chi connectivity index (χ4v) is 5.11. The number of anilines is 2. The van der Waals surface area contributed by atoms with E-state index in [9.17, 15) is 14.4 Å². The molecule has 8 nitrogen and oxygen atoms in total. The van der Waals surface area contributed by atoms with Crippen molar-refractivity contribution in [1.29, 1.82) is 0 Å². The molecule has 1 N–H and O–H groups in total. The number of nitrogens with one attached hydrogen (secondary N) is 1. The van der Waals surface area contributed by atoms with E-state index in [1.807, 2.05) is 13.8 Å². The largest absolute Gasteiger partial charge is 0.304 e. The van der Waals surface area contributed by atoms with Gasteiger partial charge in [0.15, 0.2) is 0 Å². The van der Waals surface area contributed by atoms with E-state index < -0.39 is 11.6 Å². The first kappa shape index (κ1) is 20.5. The Morgan fingerprint density at radius 1 is 1.27 bits per heavy atom. The number of hydrogen-bond donors (Lipinski definition) is 1. The highest BCUT2D eigenvalue weighted by Gasteiger charge is 2.61. The minimum absolute atomic E-state index is 0.170. The van der Waals surface area contributed by atoms with Crippen LogP contribution in [0.25, 0.3) is 0 Å². The van der Waals surface area contributed by atoms with Gasteiger partial charge < -0.3 is 4.90 Å². The summed E-state index contributed by atoms with van der Waals surface area (Å²) in [6, 6.07) is 6.69. The zero-order valence-electron chi connectivity index (χ0n) is 17.3. The molecule has 2 aliphatic rings. The minimum Gasteiger partial charge on any atom is -0.304 e. The lowest BCUT2D eigenvalue weighted by molar-refractivity contribution is -0.129. The van der Waals surface area contributed by atoms with Crippen molar-refractivity contribution in [3.8, 4) is 0 Å². The quantitative estimate of drug-likeness (QED) is 0.764. The summed E-state index contributed by atoms with van der Waals surface area (Å²) in [5.41, 5.74) is -0.494. The number of aromatic nitrogens is 2. The highest BCUT2D eigenvalue weighted by atomic mass is 32.1. The molecule has 2 aromatic rings. The summed E-state index contributed by atoms with van der Waals surface area (Å²) in [5.74, 6) is -0.845. The van der Waals surface area contributed by atoms with Crippen LogP contribution in [-0.2, 0) is 16.0 Å². The first-order valence-electron chi connectivity index (χ1n) is 10.3. The molecule has 1 fully saturated rings. The van der Waals surface area contributed by atoms with Crippen LogP contribution in [0.1, 0.15) is 61.8 Å². The highest BCUT2D eigenvalue weighted by Crippen LogP contribution is 2.45. The molecule has 1 aromatic carbocycles. The summed E-state index contributed by atoms with van der Waals surface area (Å²) in [6.07, 6.45) is 3.28. The summed E-state index contributed by atoms with van der Waals surface area (Å²) < 4.78 is 0. The summed E-state index contributed by atoms with van der Waals surface area (Å²) in [6.45, 7) is 5.82. The molecule has 0 saturated carbocycles. The van der Waals surface area contributed by atoms with Crippen LogP contribution in [0.4, 0.5) is 10.8 Å². The van der Waals surface area contributed by atoms with Crippen molar-refractivity contribution in [2.45, 2.75) is 64.6 Å². The monoisotopic (exact) mass is 427 g/mol. The normalized spacial score (nSPS) is 20.5. The molecular formula is C21H25N5O3S. The van der Waals surface area contributed by atoms with E-state index in [1.54, 1.807) is 24.3 Å². The number of para-hydroxylation sites is 1. The van der Waals surface area contributed by atoms with E-state index in [1.165, 1.54) is 21.1 Å². The Hall–Kier alpha value is -2.81. The van der Waals surface area contributed by atoms with Gasteiger partial charge in [-0.2, -0.15) is 0 Å². The van der Waals surface area contributed by atoms with Gasteiger partial charge in [-0.1, -0.05) is 36.8 Å². The second kappa shape index (κ2) is 7.79. The number of fused-ring (bicyclic) bond motifs is 3. The number of nitrogens with zero attached hydrogens (tertiary/aromatic N) is 4. The third-order valence-corrected chi connectivity index (χ3v) is 6.51. The third kappa shape index (κ3) is 3.08. The maximum Gasteiger partial charge on any atom is 0.273 e. The maximum absolute atomic E-state index is 13.7. The van der Waals surface area contributed by atoms with E-state index in [0.29, 0.717) is 16.4 Å². The Labute approximate surface area is 179 Å². The van der Waals surface area contributed by atoms with E-state index in [0.717, 1.165) is 24.3 Å². The Balaban J connectivity index is 1.75. The van der Waals surface area contributed by atoms with Crippen molar-refractivity contribution in [2.75, 3.05) is 10.2 Å². The van der Waals surface area contributed by atoms with Crippen molar-refractivity contribution in [3.63, 3.8) is 0 Å². The van der Waals surface area contributed by atoms with Crippen LogP contribution in [0.3, 0.4) is 0 Å². The fraction of sp³-hybridized carbons (Fsp3) is 0.476. The van der Waals surface area contributed by atoms with Gasteiger partial charge in [0.25, 0.3) is 11.8 Å². The average molecular weight is 428 g/mol. The molecule has 4 rings (SSSR count). The molecule has 1 unspecified atom stereocenters. The topological polar surface area (TPSA) is 95.5 Å². The molecule has 0 bridgehead atoms. The van der Waals surface area contributed by atoms with Crippen molar-refractivity contribution < 1.29 is 14.4 Å². The Morgan fingerprint density at radius 3 is 2.77 bits per heavy atom. The molecule has 0 radical (unpaired) electrons. The number of benzene rings is 1. The summed E-state index contributed by atoms with van der Waals surface area (Å²) in [5, 5.41) is 12.3. The van der Waals surface area contributed by atoms with Gasteiger partial charge in [-0.15, -0.1) is 10.2 Å². The second-order valence-corrected chi connectivity index (χ2v) is 8.95. The van der Waals surface area contributed by atoms with Crippen molar-refractivity contribution in [2.24, 2.45) is 0 Å². The molecule has 158 valence electrons. The molecule has 9 heteroatoms. The lowest BCUT2D eigenvalue weighted by Gasteiger charge is -2.50. The number of carbonyl (C=O) groups is 3. The second-order valence-electron chi connectivity index (χ2n) is 7.89. The lowest BCUT2D eigenvalue weighted by Crippen LogP contribution is -2.70. The predicted octanol–water partition coefficient (Wildman–Crippen LogP) is 3.21. The van der Waals surface area contributed by atoms with Gasteiger partial charge in [-0.3, -0.25) is 24.6 Å². The fourth-order valence-electron chi connectivity index (χ4n) is 4.34. The van der Waals surface area contributed by atoms with Gasteiger partial charge in [-0.05, 0) is 32.4 Å². The number of unbranched alkanes of at least 4 members (excludes halogenated alkanes) is 1. The molecule has 2 aliphatic heterocycles. The van der Waals surface area contributed by atoms with Crippen LogP contribution in [-0.4, -0.2) is 44.5 Å². The van der Waals surface area contributed by atoms with E-state index >= 15 is 0 Å². The van der Waals surface area contributed by atoms with Crippen LogP contribution >= 0.6 is 11.3 Å². The maximum atomic E-state index is 13.7. The summed E-state index contributed by atoms with van der Waals surface area (Å²) in [4.78, 5) is 43.0. The molecule has 3 amide bonds. The van der Waals surface area contributed by atoms with Gasteiger partial charge in [-0.25, -0.2) is 0 Å². The van der Waals surface area contributed by atoms with E-state index in [-0.39, 0.29) is 30.7 Å². The molecule has 1 atom stereocenters. The van der Waals surface area contributed by atoms with Crippen LogP contribution in [0.5, 0.6) is 0 Å². The Bertz CT molecular complexity index is 1000. The van der Waals surface area contributed by atoms with E-state index in [2.05, 4.69) is 22.4 Å². The van der Waals surface area contributed by atoms with Crippen LogP contribution in [0, 0.1) is 0 Å². The molecule has 1 aromatic heterocycles. The summed E-state index contributed by atoms with van der Waals surface area (Å²) in [7, 11) is 0. The highest BCUT2D eigenvalue weighted by molar-refractivity contribution is 7.15.